The molecule has 2 N–H and O–H groups in total. The van der Waals surface area contributed by atoms with Crippen molar-refractivity contribution in [1.29, 1.82) is 0 Å². The number of nitrogens with one attached hydrogen (secondary N) is 1. The first-order valence-corrected chi connectivity index (χ1v) is 7.97. The number of hydrogen-bond acceptors (Lipinski definition) is 4. The van der Waals surface area contributed by atoms with Crippen molar-refractivity contribution < 1.29 is 19.4 Å². The Morgan fingerprint density at radius 2 is 2.32 bits per heavy atom. The number of aromatic hydroxyl groups is 1. The molecule has 2 atom stereocenters. The van der Waals surface area contributed by atoms with Crippen LogP contribution in [-0.4, -0.2) is 42.5 Å². The van der Waals surface area contributed by atoms with Crippen molar-refractivity contribution in [3.8, 4) is 5.75 Å². The number of phenolic OH excluding ortho intramolecular Hbond substituents is 1. The van der Waals surface area contributed by atoms with Crippen molar-refractivity contribution in [2.75, 3.05) is 19.8 Å². The van der Waals surface area contributed by atoms with E-state index in [1.165, 1.54) is 0 Å². The number of hydrogen-bond donors (Lipinski definition) is 2. The third kappa shape index (κ3) is 2.96. The molecule has 0 aliphatic carbocycles. The Morgan fingerprint density at radius 1 is 1.45 bits per heavy atom. The number of rotatable bonds is 3. The molecule has 2 heterocycles. The third-order valence-electron chi connectivity index (χ3n) is 4.64. The minimum atomic E-state index is -0.233. The van der Waals surface area contributed by atoms with Gasteiger partial charge in [-0.25, -0.2) is 0 Å². The molecular weight excluding hydrogens is 282 g/mol. The van der Waals surface area contributed by atoms with E-state index in [0.717, 1.165) is 31.4 Å². The van der Waals surface area contributed by atoms with Crippen LogP contribution in [0, 0.1) is 0 Å². The number of phenols is 1. The Morgan fingerprint density at radius 3 is 3.05 bits per heavy atom. The van der Waals surface area contributed by atoms with Crippen LogP contribution in [0.4, 0.5) is 0 Å². The summed E-state index contributed by atoms with van der Waals surface area (Å²) in [5, 5.41) is 13.2. The monoisotopic (exact) mass is 305 g/mol. The van der Waals surface area contributed by atoms with Crippen LogP contribution in [0.5, 0.6) is 5.75 Å². The van der Waals surface area contributed by atoms with Gasteiger partial charge in [0.05, 0.1) is 17.8 Å². The number of aryl methyl sites for hydroxylation is 1. The summed E-state index contributed by atoms with van der Waals surface area (Å²) in [6.07, 6.45) is 3.15. The van der Waals surface area contributed by atoms with Gasteiger partial charge in [0.2, 0.25) is 0 Å². The normalized spacial score (nSPS) is 28.0. The summed E-state index contributed by atoms with van der Waals surface area (Å²) in [5.74, 6) is -0.123. The van der Waals surface area contributed by atoms with Gasteiger partial charge in [-0.15, -0.1) is 0 Å². The number of carbonyl (C=O) groups is 1. The highest BCUT2D eigenvalue weighted by molar-refractivity contribution is 5.97. The predicted octanol–water partition coefficient (Wildman–Crippen LogP) is 2.02. The molecule has 5 nitrogen and oxygen atoms in total. The lowest BCUT2D eigenvalue weighted by Gasteiger charge is -2.37. The minimum absolute atomic E-state index is 0.0626. The maximum Gasteiger partial charge on any atom is 0.255 e. The Labute approximate surface area is 130 Å². The van der Waals surface area contributed by atoms with Gasteiger partial charge in [0.15, 0.2) is 0 Å². The van der Waals surface area contributed by atoms with E-state index in [1.807, 2.05) is 19.1 Å². The molecule has 1 spiro atoms. The zero-order chi connectivity index (χ0) is 15.6. The molecule has 0 unspecified atom stereocenters. The Bertz CT molecular complexity index is 552. The van der Waals surface area contributed by atoms with Crippen molar-refractivity contribution >= 4 is 5.91 Å². The van der Waals surface area contributed by atoms with E-state index >= 15 is 0 Å². The Kier molecular flexibility index (Phi) is 4.36. The molecular formula is C17H23NO4. The number of ether oxygens (including phenoxy) is 2. The summed E-state index contributed by atoms with van der Waals surface area (Å²) in [6.45, 7) is 3.92. The fourth-order valence-electron chi connectivity index (χ4n) is 3.34. The highest BCUT2D eigenvalue weighted by atomic mass is 16.6. The SMILES string of the molecule is CCc1cccc(C(=O)N[C@H]2CCO[C@@]3(CCOC3)C2)c1O. The summed E-state index contributed by atoms with van der Waals surface area (Å²) in [4.78, 5) is 12.5. The molecule has 0 aromatic heterocycles. The minimum Gasteiger partial charge on any atom is -0.507 e. The van der Waals surface area contributed by atoms with E-state index in [-0.39, 0.29) is 23.3 Å². The second-order valence-electron chi connectivity index (χ2n) is 6.16. The van der Waals surface area contributed by atoms with Crippen molar-refractivity contribution in [2.24, 2.45) is 0 Å². The van der Waals surface area contributed by atoms with Gasteiger partial charge in [-0.1, -0.05) is 19.1 Å². The van der Waals surface area contributed by atoms with Crippen LogP contribution in [0.3, 0.4) is 0 Å². The number of carbonyl (C=O) groups excluding carboxylic acids is 1. The van der Waals surface area contributed by atoms with E-state index in [4.69, 9.17) is 9.47 Å². The molecule has 1 amide bonds. The number of para-hydroxylation sites is 1. The highest BCUT2D eigenvalue weighted by Gasteiger charge is 2.41. The number of benzene rings is 1. The first-order valence-electron chi connectivity index (χ1n) is 7.97. The molecule has 5 heteroatoms. The first-order chi connectivity index (χ1) is 10.6. The second-order valence-corrected chi connectivity index (χ2v) is 6.16. The molecule has 3 rings (SSSR count). The maximum absolute atomic E-state index is 12.5. The van der Waals surface area contributed by atoms with E-state index < -0.39 is 0 Å². The summed E-state index contributed by atoms with van der Waals surface area (Å²) >= 11 is 0. The van der Waals surface area contributed by atoms with E-state index in [2.05, 4.69) is 5.32 Å². The molecule has 0 saturated carbocycles. The van der Waals surface area contributed by atoms with Crippen LogP contribution in [0.15, 0.2) is 18.2 Å². The van der Waals surface area contributed by atoms with Crippen LogP contribution in [0.25, 0.3) is 0 Å². The van der Waals surface area contributed by atoms with E-state index in [9.17, 15) is 9.90 Å². The van der Waals surface area contributed by atoms with E-state index in [1.54, 1.807) is 6.07 Å². The largest absolute Gasteiger partial charge is 0.507 e. The third-order valence-corrected chi connectivity index (χ3v) is 4.64. The van der Waals surface area contributed by atoms with Crippen molar-refractivity contribution in [2.45, 2.75) is 44.2 Å². The molecule has 2 aliphatic rings. The zero-order valence-corrected chi connectivity index (χ0v) is 12.9. The van der Waals surface area contributed by atoms with Gasteiger partial charge in [-0.3, -0.25) is 4.79 Å². The van der Waals surface area contributed by atoms with Gasteiger partial charge in [0, 0.05) is 25.7 Å². The average molecular weight is 305 g/mol. The lowest BCUT2D eigenvalue weighted by atomic mass is 9.89. The van der Waals surface area contributed by atoms with Crippen LogP contribution < -0.4 is 5.32 Å². The van der Waals surface area contributed by atoms with E-state index in [0.29, 0.717) is 25.2 Å². The maximum atomic E-state index is 12.5. The lowest BCUT2D eigenvalue weighted by Crippen LogP contribution is -2.49. The Balaban J connectivity index is 1.69. The quantitative estimate of drug-likeness (QED) is 0.896. The van der Waals surface area contributed by atoms with Gasteiger partial charge in [-0.2, -0.15) is 0 Å². The predicted molar refractivity (Wildman–Crippen MR) is 82.1 cm³/mol. The summed E-state index contributed by atoms with van der Waals surface area (Å²) < 4.78 is 11.3. The Hall–Kier alpha value is -1.59. The molecule has 1 aromatic carbocycles. The zero-order valence-electron chi connectivity index (χ0n) is 12.9. The molecule has 120 valence electrons. The molecule has 2 fully saturated rings. The van der Waals surface area contributed by atoms with Gasteiger partial charge >= 0.3 is 0 Å². The first kappa shape index (κ1) is 15.3. The van der Waals surface area contributed by atoms with Crippen LogP contribution in [0.2, 0.25) is 0 Å². The lowest BCUT2D eigenvalue weighted by molar-refractivity contribution is -0.0881. The average Bonchev–Trinajstić information content (AvgIpc) is 2.95. The van der Waals surface area contributed by atoms with Crippen LogP contribution in [0.1, 0.15) is 42.1 Å². The fraction of sp³-hybridized carbons (Fsp3) is 0.588. The summed E-state index contributed by atoms with van der Waals surface area (Å²) in [5.41, 5.74) is 0.909. The molecule has 0 radical (unpaired) electrons. The summed E-state index contributed by atoms with van der Waals surface area (Å²) in [7, 11) is 0. The van der Waals surface area contributed by atoms with Gasteiger partial charge < -0.3 is 19.9 Å². The summed E-state index contributed by atoms with van der Waals surface area (Å²) in [6, 6.07) is 5.37. The standard InChI is InChI=1S/C17H23NO4/c1-2-12-4-3-5-14(15(12)19)16(20)18-13-6-8-22-17(10-13)7-9-21-11-17/h3-5,13,19H,2,6-11H2,1H3,(H,18,20)/t13-,17-/m0/s1. The van der Waals surface area contributed by atoms with Crippen molar-refractivity contribution in [3.63, 3.8) is 0 Å². The van der Waals surface area contributed by atoms with Gasteiger partial charge in [0.25, 0.3) is 5.91 Å². The smallest absolute Gasteiger partial charge is 0.255 e. The van der Waals surface area contributed by atoms with Gasteiger partial charge in [0.1, 0.15) is 5.75 Å². The second kappa shape index (κ2) is 6.26. The molecule has 2 aliphatic heterocycles. The van der Waals surface area contributed by atoms with Crippen molar-refractivity contribution in [3.05, 3.63) is 29.3 Å². The highest BCUT2D eigenvalue weighted by Crippen LogP contribution is 2.33. The molecule has 0 bridgehead atoms. The topological polar surface area (TPSA) is 67.8 Å². The number of amides is 1. The molecule has 22 heavy (non-hydrogen) atoms. The van der Waals surface area contributed by atoms with Crippen molar-refractivity contribution in [1.82, 2.24) is 5.32 Å². The van der Waals surface area contributed by atoms with Gasteiger partial charge in [-0.05, 0) is 30.9 Å². The molecule has 1 aromatic rings. The van der Waals surface area contributed by atoms with Crippen LogP contribution >= 0.6 is 0 Å². The fourth-order valence-corrected chi connectivity index (χ4v) is 3.34. The van der Waals surface area contributed by atoms with Crippen LogP contribution in [-0.2, 0) is 15.9 Å². The molecule has 2 saturated heterocycles.